The van der Waals surface area contributed by atoms with Gasteiger partial charge < -0.3 is 5.32 Å². The second-order valence-electron chi connectivity index (χ2n) is 4.48. The third-order valence-electron chi connectivity index (χ3n) is 3.34. The predicted octanol–water partition coefficient (Wildman–Crippen LogP) is 2.11. The Morgan fingerprint density at radius 1 is 1.53 bits per heavy atom. The number of aryl methyl sites for hydroxylation is 1. The molecule has 1 aliphatic rings. The van der Waals surface area contributed by atoms with Crippen molar-refractivity contribution in [3.8, 4) is 0 Å². The molecule has 1 aliphatic heterocycles. The average molecular weight is 207 g/mol. The smallest absolute Gasteiger partial charge is 0.0825 e. The SMILES string of the molecule is CCCc1c(C)c(C2CCCN2)nn1C. The highest BCUT2D eigenvalue weighted by Crippen LogP contribution is 2.26. The van der Waals surface area contributed by atoms with E-state index >= 15 is 0 Å². The molecule has 2 heterocycles. The Hall–Kier alpha value is -0.830. The molecule has 0 radical (unpaired) electrons. The summed E-state index contributed by atoms with van der Waals surface area (Å²) in [6.07, 6.45) is 4.85. The maximum absolute atomic E-state index is 4.66. The predicted molar refractivity (Wildman–Crippen MR) is 61.9 cm³/mol. The molecule has 84 valence electrons. The molecule has 0 amide bonds. The van der Waals surface area contributed by atoms with Crippen LogP contribution in [0.25, 0.3) is 0 Å². The molecule has 1 aromatic rings. The fourth-order valence-corrected chi connectivity index (χ4v) is 2.52. The van der Waals surface area contributed by atoms with E-state index < -0.39 is 0 Å². The molecule has 0 aromatic carbocycles. The number of nitrogens with one attached hydrogen (secondary N) is 1. The van der Waals surface area contributed by atoms with Crippen LogP contribution in [0.3, 0.4) is 0 Å². The molecule has 0 bridgehead atoms. The number of rotatable bonds is 3. The van der Waals surface area contributed by atoms with Crippen LogP contribution in [0.15, 0.2) is 0 Å². The molecule has 0 aliphatic carbocycles. The summed E-state index contributed by atoms with van der Waals surface area (Å²) in [6, 6.07) is 0.502. The zero-order chi connectivity index (χ0) is 10.8. The summed E-state index contributed by atoms with van der Waals surface area (Å²) in [7, 11) is 2.07. The quantitative estimate of drug-likeness (QED) is 0.822. The minimum atomic E-state index is 0.502. The minimum Gasteiger partial charge on any atom is -0.309 e. The maximum Gasteiger partial charge on any atom is 0.0825 e. The highest BCUT2D eigenvalue weighted by atomic mass is 15.3. The van der Waals surface area contributed by atoms with E-state index in [0.717, 1.165) is 13.0 Å². The third kappa shape index (κ3) is 1.93. The molecule has 2 rings (SSSR count). The second kappa shape index (κ2) is 4.35. The molecule has 3 heteroatoms. The molecule has 0 spiro atoms. The zero-order valence-electron chi connectivity index (χ0n) is 10.0. The maximum atomic E-state index is 4.66. The van der Waals surface area contributed by atoms with Gasteiger partial charge in [-0.05, 0) is 38.3 Å². The van der Waals surface area contributed by atoms with Crippen LogP contribution in [0.4, 0.5) is 0 Å². The van der Waals surface area contributed by atoms with Crippen LogP contribution in [0, 0.1) is 6.92 Å². The van der Waals surface area contributed by atoms with Gasteiger partial charge in [0.2, 0.25) is 0 Å². The van der Waals surface area contributed by atoms with Gasteiger partial charge in [-0.2, -0.15) is 5.10 Å². The van der Waals surface area contributed by atoms with Crippen molar-refractivity contribution in [2.24, 2.45) is 7.05 Å². The van der Waals surface area contributed by atoms with E-state index in [2.05, 4.69) is 36.0 Å². The first-order valence-corrected chi connectivity index (χ1v) is 5.99. The van der Waals surface area contributed by atoms with Gasteiger partial charge in [0, 0.05) is 12.7 Å². The van der Waals surface area contributed by atoms with Crippen molar-refractivity contribution in [2.75, 3.05) is 6.54 Å². The normalized spacial score (nSPS) is 21.1. The van der Waals surface area contributed by atoms with Gasteiger partial charge in [0.1, 0.15) is 0 Å². The third-order valence-corrected chi connectivity index (χ3v) is 3.34. The van der Waals surface area contributed by atoms with E-state index in [1.807, 2.05) is 0 Å². The molecule has 3 nitrogen and oxygen atoms in total. The topological polar surface area (TPSA) is 29.9 Å². The standard InChI is InChI=1S/C12H21N3/c1-4-6-11-9(2)12(14-15(11)3)10-7-5-8-13-10/h10,13H,4-8H2,1-3H3. The van der Waals surface area contributed by atoms with Gasteiger partial charge in [-0.1, -0.05) is 13.3 Å². The van der Waals surface area contributed by atoms with Crippen molar-refractivity contribution in [3.63, 3.8) is 0 Å². The molecule has 1 aromatic heterocycles. The molecule has 1 unspecified atom stereocenters. The summed E-state index contributed by atoms with van der Waals surface area (Å²) in [5, 5.41) is 8.19. The fraction of sp³-hybridized carbons (Fsp3) is 0.750. The molecular weight excluding hydrogens is 186 g/mol. The van der Waals surface area contributed by atoms with Crippen molar-refractivity contribution in [1.29, 1.82) is 0 Å². The van der Waals surface area contributed by atoms with Crippen LogP contribution < -0.4 is 5.32 Å². The lowest BCUT2D eigenvalue weighted by Crippen LogP contribution is -2.14. The molecule has 1 fully saturated rings. The number of hydrogen-bond acceptors (Lipinski definition) is 2. The molecular formula is C12H21N3. The fourth-order valence-electron chi connectivity index (χ4n) is 2.52. The van der Waals surface area contributed by atoms with Gasteiger partial charge in [-0.15, -0.1) is 0 Å². The van der Waals surface area contributed by atoms with Crippen LogP contribution in [-0.2, 0) is 13.5 Å². The first-order chi connectivity index (χ1) is 7.24. The second-order valence-corrected chi connectivity index (χ2v) is 4.48. The Morgan fingerprint density at radius 2 is 2.33 bits per heavy atom. The van der Waals surface area contributed by atoms with Crippen molar-refractivity contribution < 1.29 is 0 Å². The van der Waals surface area contributed by atoms with Crippen LogP contribution in [-0.4, -0.2) is 16.3 Å². The van der Waals surface area contributed by atoms with Crippen LogP contribution >= 0.6 is 0 Å². The molecule has 15 heavy (non-hydrogen) atoms. The Morgan fingerprint density at radius 3 is 2.93 bits per heavy atom. The van der Waals surface area contributed by atoms with Crippen LogP contribution in [0.5, 0.6) is 0 Å². The molecule has 1 saturated heterocycles. The first-order valence-electron chi connectivity index (χ1n) is 5.99. The van der Waals surface area contributed by atoms with Crippen molar-refractivity contribution in [1.82, 2.24) is 15.1 Å². The first kappa shape index (κ1) is 10.7. The number of aromatic nitrogens is 2. The average Bonchev–Trinajstić information content (AvgIpc) is 2.81. The Kier molecular flexibility index (Phi) is 3.10. The van der Waals surface area contributed by atoms with E-state index in [1.54, 1.807) is 0 Å². The van der Waals surface area contributed by atoms with Crippen LogP contribution in [0.1, 0.15) is 49.2 Å². The van der Waals surface area contributed by atoms with E-state index in [1.165, 1.54) is 36.2 Å². The number of nitrogens with zero attached hydrogens (tertiary/aromatic N) is 2. The lowest BCUT2D eigenvalue weighted by molar-refractivity contribution is 0.600. The van der Waals surface area contributed by atoms with Crippen molar-refractivity contribution in [3.05, 3.63) is 17.0 Å². The van der Waals surface area contributed by atoms with Gasteiger partial charge in [0.25, 0.3) is 0 Å². The molecule has 1 N–H and O–H groups in total. The van der Waals surface area contributed by atoms with Gasteiger partial charge in [0.15, 0.2) is 0 Å². The summed E-state index contributed by atoms with van der Waals surface area (Å²) in [5.41, 5.74) is 4.08. The number of hydrogen-bond donors (Lipinski definition) is 1. The summed E-state index contributed by atoms with van der Waals surface area (Å²) < 4.78 is 2.06. The zero-order valence-corrected chi connectivity index (χ0v) is 10.0. The van der Waals surface area contributed by atoms with E-state index in [0.29, 0.717) is 6.04 Å². The molecule has 1 atom stereocenters. The van der Waals surface area contributed by atoms with E-state index in [4.69, 9.17) is 0 Å². The monoisotopic (exact) mass is 207 g/mol. The highest BCUT2D eigenvalue weighted by Gasteiger charge is 2.22. The van der Waals surface area contributed by atoms with Crippen LogP contribution in [0.2, 0.25) is 0 Å². The summed E-state index contributed by atoms with van der Waals surface area (Å²) >= 11 is 0. The Bertz CT molecular complexity index is 335. The molecule has 0 saturated carbocycles. The highest BCUT2D eigenvalue weighted by molar-refractivity contribution is 5.28. The Labute approximate surface area is 91.9 Å². The minimum absolute atomic E-state index is 0.502. The van der Waals surface area contributed by atoms with Gasteiger partial charge in [0.05, 0.1) is 11.7 Å². The lowest BCUT2D eigenvalue weighted by atomic mass is 10.0. The van der Waals surface area contributed by atoms with Crippen molar-refractivity contribution in [2.45, 2.75) is 45.6 Å². The van der Waals surface area contributed by atoms with Gasteiger partial charge in [-0.3, -0.25) is 4.68 Å². The van der Waals surface area contributed by atoms with Gasteiger partial charge >= 0.3 is 0 Å². The van der Waals surface area contributed by atoms with E-state index in [9.17, 15) is 0 Å². The summed E-state index contributed by atoms with van der Waals surface area (Å²) in [6.45, 7) is 5.58. The van der Waals surface area contributed by atoms with E-state index in [-0.39, 0.29) is 0 Å². The largest absolute Gasteiger partial charge is 0.309 e. The summed E-state index contributed by atoms with van der Waals surface area (Å²) in [4.78, 5) is 0. The Balaban J connectivity index is 2.27. The van der Waals surface area contributed by atoms with Crippen molar-refractivity contribution >= 4 is 0 Å². The lowest BCUT2D eigenvalue weighted by Gasteiger charge is -2.07. The summed E-state index contributed by atoms with van der Waals surface area (Å²) in [5.74, 6) is 0. The van der Waals surface area contributed by atoms with Gasteiger partial charge in [-0.25, -0.2) is 0 Å².